The molecule has 18 heavy (non-hydrogen) atoms. The Kier molecular flexibility index (Phi) is 6.43. The van der Waals surface area contributed by atoms with Crippen molar-refractivity contribution in [1.29, 1.82) is 0 Å². The standard InChI is InChI=1S/C13H25N5/c1-5-7-11(18(3)4)10-16-13-15-9-8-12(17-13)14-6-2/h8-9,11H,5-7,10H2,1-4H3,(H2,14,15,16,17)/t11-/m0/s1. The van der Waals surface area contributed by atoms with Crippen LogP contribution >= 0.6 is 0 Å². The highest BCUT2D eigenvalue weighted by Gasteiger charge is 2.10. The Morgan fingerprint density at radius 3 is 2.67 bits per heavy atom. The molecule has 1 aromatic heterocycles. The summed E-state index contributed by atoms with van der Waals surface area (Å²) < 4.78 is 0. The summed E-state index contributed by atoms with van der Waals surface area (Å²) in [5, 5.41) is 6.49. The van der Waals surface area contributed by atoms with Gasteiger partial charge in [0.2, 0.25) is 5.95 Å². The largest absolute Gasteiger partial charge is 0.370 e. The molecule has 1 atom stereocenters. The third-order valence-electron chi connectivity index (χ3n) is 2.86. The number of likely N-dealkylation sites (N-methyl/N-ethyl adjacent to an activating group) is 1. The van der Waals surface area contributed by atoms with Gasteiger partial charge in [0.1, 0.15) is 5.82 Å². The minimum absolute atomic E-state index is 0.515. The first-order chi connectivity index (χ1) is 8.67. The lowest BCUT2D eigenvalue weighted by Gasteiger charge is -2.24. The summed E-state index contributed by atoms with van der Waals surface area (Å²) in [6.07, 6.45) is 4.13. The molecule has 5 nitrogen and oxygen atoms in total. The second-order valence-electron chi connectivity index (χ2n) is 4.58. The van der Waals surface area contributed by atoms with E-state index in [-0.39, 0.29) is 0 Å². The number of nitrogens with one attached hydrogen (secondary N) is 2. The number of nitrogens with zero attached hydrogens (tertiary/aromatic N) is 3. The van der Waals surface area contributed by atoms with E-state index < -0.39 is 0 Å². The summed E-state index contributed by atoms with van der Waals surface area (Å²) in [6.45, 7) is 6.00. The maximum atomic E-state index is 4.40. The van der Waals surface area contributed by atoms with E-state index in [1.54, 1.807) is 6.20 Å². The number of hydrogen-bond donors (Lipinski definition) is 2. The molecule has 0 spiro atoms. The number of aromatic nitrogens is 2. The first-order valence-corrected chi connectivity index (χ1v) is 6.64. The minimum Gasteiger partial charge on any atom is -0.370 e. The quantitative estimate of drug-likeness (QED) is 0.740. The van der Waals surface area contributed by atoms with Crippen LogP contribution in [0.4, 0.5) is 11.8 Å². The molecule has 0 amide bonds. The number of rotatable bonds is 8. The van der Waals surface area contributed by atoms with Crippen LogP contribution in [0.5, 0.6) is 0 Å². The monoisotopic (exact) mass is 251 g/mol. The Morgan fingerprint density at radius 1 is 1.28 bits per heavy atom. The summed E-state index contributed by atoms with van der Waals surface area (Å²) in [5.74, 6) is 1.56. The highest BCUT2D eigenvalue weighted by atomic mass is 15.2. The molecule has 102 valence electrons. The molecule has 1 heterocycles. The summed E-state index contributed by atoms with van der Waals surface area (Å²) in [5.41, 5.74) is 0. The van der Waals surface area contributed by atoms with Crippen molar-refractivity contribution in [1.82, 2.24) is 14.9 Å². The summed E-state index contributed by atoms with van der Waals surface area (Å²) in [4.78, 5) is 10.9. The van der Waals surface area contributed by atoms with E-state index in [9.17, 15) is 0 Å². The van der Waals surface area contributed by atoms with Gasteiger partial charge in [0.15, 0.2) is 0 Å². The molecule has 0 aliphatic rings. The minimum atomic E-state index is 0.515. The van der Waals surface area contributed by atoms with E-state index >= 15 is 0 Å². The van der Waals surface area contributed by atoms with Gasteiger partial charge in [-0.1, -0.05) is 13.3 Å². The van der Waals surface area contributed by atoms with Crippen molar-refractivity contribution in [2.45, 2.75) is 32.7 Å². The molecule has 0 aliphatic heterocycles. The van der Waals surface area contributed by atoms with Crippen molar-refractivity contribution in [3.05, 3.63) is 12.3 Å². The van der Waals surface area contributed by atoms with Crippen LogP contribution in [0.2, 0.25) is 0 Å². The normalized spacial score (nSPS) is 12.5. The first-order valence-electron chi connectivity index (χ1n) is 6.64. The molecule has 0 saturated heterocycles. The molecule has 1 rings (SSSR count). The molecule has 1 aromatic rings. The zero-order valence-electron chi connectivity index (χ0n) is 11.9. The fourth-order valence-corrected chi connectivity index (χ4v) is 1.81. The Hall–Kier alpha value is -1.36. The Labute approximate surface area is 110 Å². The van der Waals surface area contributed by atoms with Gasteiger partial charge in [-0.05, 0) is 33.5 Å². The predicted octanol–water partition coefficient (Wildman–Crippen LogP) is 2.05. The number of hydrogen-bond acceptors (Lipinski definition) is 5. The van der Waals surface area contributed by atoms with Crippen LogP contribution in [0.25, 0.3) is 0 Å². The predicted molar refractivity (Wildman–Crippen MR) is 77.1 cm³/mol. The van der Waals surface area contributed by atoms with Crippen molar-refractivity contribution in [2.24, 2.45) is 0 Å². The van der Waals surface area contributed by atoms with Crippen LogP contribution in [0.1, 0.15) is 26.7 Å². The van der Waals surface area contributed by atoms with Gasteiger partial charge in [-0.2, -0.15) is 4.98 Å². The smallest absolute Gasteiger partial charge is 0.224 e. The molecule has 2 N–H and O–H groups in total. The molecule has 0 radical (unpaired) electrons. The molecule has 0 unspecified atom stereocenters. The van der Waals surface area contributed by atoms with Crippen molar-refractivity contribution in [2.75, 3.05) is 37.8 Å². The average Bonchev–Trinajstić information content (AvgIpc) is 2.35. The maximum Gasteiger partial charge on any atom is 0.224 e. The van der Waals surface area contributed by atoms with Gasteiger partial charge in [-0.3, -0.25) is 0 Å². The van der Waals surface area contributed by atoms with Crippen LogP contribution in [-0.4, -0.2) is 48.1 Å². The molecule has 0 aliphatic carbocycles. The van der Waals surface area contributed by atoms with Crippen LogP contribution in [0.3, 0.4) is 0 Å². The van der Waals surface area contributed by atoms with E-state index in [0.717, 1.165) is 18.9 Å². The second kappa shape index (κ2) is 7.87. The first kappa shape index (κ1) is 14.7. The Balaban J connectivity index is 2.53. The zero-order valence-corrected chi connectivity index (χ0v) is 11.9. The topological polar surface area (TPSA) is 53.1 Å². The molecule has 0 bridgehead atoms. The van der Waals surface area contributed by atoms with Crippen LogP contribution in [0, 0.1) is 0 Å². The van der Waals surface area contributed by atoms with Gasteiger partial charge in [0.05, 0.1) is 0 Å². The summed E-state index contributed by atoms with van der Waals surface area (Å²) in [6, 6.07) is 2.39. The fourth-order valence-electron chi connectivity index (χ4n) is 1.81. The number of anilines is 2. The van der Waals surface area contributed by atoms with Gasteiger partial charge >= 0.3 is 0 Å². The third-order valence-corrected chi connectivity index (χ3v) is 2.86. The average molecular weight is 251 g/mol. The lowest BCUT2D eigenvalue weighted by molar-refractivity contribution is 0.288. The van der Waals surface area contributed by atoms with Crippen molar-refractivity contribution >= 4 is 11.8 Å². The Bertz CT molecular complexity index is 340. The Morgan fingerprint density at radius 2 is 2.06 bits per heavy atom. The van der Waals surface area contributed by atoms with Gasteiger partial charge in [0, 0.05) is 25.3 Å². The third kappa shape index (κ3) is 4.87. The van der Waals surface area contributed by atoms with Crippen molar-refractivity contribution < 1.29 is 0 Å². The van der Waals surface area contributed by atoms with Gasteiger partial charge in [-0.15, -0.1) is 0 Å². The highest BCUT2D eigenvalue weighted by Crippen LogP contribution is 2.07. The second-order valence-corrected chi connectivity index (χ2v) is 4.58. The van der Waals surface area contributed by atoms with E-state index in [1.165, 1.54) is 12.8 Å². The van der Waals surface area contributed by atoms with Crippen molar-refractivity contribution in [3.63, 3.8) is 0 Å². The maximum absolute atomic E-state index is 4.40. The summed E-state index contributed by atoms with van der Waals surface area (Å²) >= 11 is 0. The molecule has 0 saturated carbocycles. The van der Waals surface area contributed by atoms with E-state index in [4.69, 9.17) is 0 Å². The van der Waals surface area contributed by atoms with E-state index in [0.29, 0.717) is 12.0 Å². The fraction of sp³-hybridized carbons (Fsp3) is 0.692. The van der Waals surface area contributed by atoms with Crippen LogP contribution in [-0.2, 0) is 0 Å². The van der Waals surface area contributed by atoms with Gasteiger partial charge < -0.3 is 15.5 Å². The van der Waals surface area contributed by atoms with Crippen molar-refractivity contribution in [3.8, 4) is 0 Å². The molecular formula is C13H25N5. The highest BCUT2D eigenvalue weighted by molar-refractivity contribution is 5.39. The molecule has 0 fully saturated rings. The molecular weight excluding hydrogens is 226 g/mol. The lowest BCUT2D eigenvalue weighted by atomic mass is 10.1. The molecule has 0 aromatic carbocycles. The van der Waals surface area contributed by atoms with Gasteiger partial charge in [0.25, 0.3) is 0 Å². The van der Waals surface area contributed by atoms with Crippen LogP contribution in [0.15, 0.2) is 12.3 Å². The zero-order chi connectivity index (χ0) is 13.4. The van der Waals surface area contributed by atoms with Crippen LogP contribution < -0.4 is 10.6 Å². The van der Waals surface area contributed by atoms with Gasteiger partial charge in [-0.25, -0.2) is 4.98 Å². The molecule has 5 heteroatoms. The van der Waals surface area contributed by atoms with E-state index in [2.05, 4.69) is 53.4 Å². The SMILES string of the molecule is CCC[C@@H](CNc1nccc(NCC)n1)N(C)C. The lowest BCUT2D eigenvalue weighted by Crippen LogP contribution is -2.34. The summed E-state index contributed by atoms with van der Waals surface area (Å²) in [7, 11) is 4.22. The van der Waals surface area contributed by atoms with E-state index in [1.807, 2.05) is 6.07 Å².